The zero-order valence-corrected chi connectivity index (χ0v) is 19.5. The minimum Gasteiger partial charge on any atom is -0.310 e. The maximum absolute atomic E-state index is 2.42. The third-order valence-corrected chi connectivity index (χ3v) is 6.87. The van der Waals surface area contributed by atoms with E-state index in [1.54, 1.807) is 0 Å². The fraction of sp³-hybridized carbons (Fsp3) is 0.188. The molecule has 0 N–H and O–H groups in total. The summed E-state index contributed by atoms with van der Waals surface area (Å²) in [6, 6.07) is 35.5. The highest BCUT2D eigenvalue weighted by molar-refractivity contribution is 5.82. The zero-order chi connectivity index (χ0) is 22.6. The normalized spacial score (nSPS) is 13.9. The van der Waals surface area contributed by atoms with Crippen molar-refractivity contribution in [2.24, 2.45) is 0 Å². The molecular formula is C32H31N. The van der Waals surface area contributed by atoms with Gasteiger partial charge in [0.1, 0.15) is 0 Å². The van der Waals surface area contributed by atoms with Crippen molar-refractivity contribution in [3.05, 3.63) is 125 Å². The van der Waals surface area contributed by atoms with Crippen molar-refractivity contribution in [3.8, 4) is 0 Å². The Morgan fingerprint density at radius 2 is 1.15 bits per heavy atom. The van der Waals surface area contributed by atoms with E-state index in [9.17, 15) is 0 Å². The summed E-state index contributed by atoms with van der Waals surface area (Å²) in [7, 11) is 0. The Labute approximate surface area is 198 Å². The van der Waals surface area contributed by atoms with Crippen molar-refractivity contribution in [1.29, 1.82) is 0 Å². The number of hydrogen-bond donors (Lipinski definition) is 0. The lowest BCUT2D eigenvalue weighted by atomic mass is 9.97. The van der Waals surface area contributed by atoms with E-state index < -0.39 is 0 Å². The third kappa shape index (κ3) is 4.50. The molecule has 164 valence electrons. The molecule has 1 heteroatoms. The molecule has 0 amide bonds. The number of hydrogen-bond acceptors (Lipinski definition) is 1. The van der Waals surface area contributed by atoms with Crippen LogP contribution in [0.5, 0.6) is 0 Å². The molecule has 1 aliphatic heterocycles. The van der Waals surface area contributed by atoms with Crippen LogP contribution in [0.2, 0.25) is 0 Å². The van der Waals surface area contributed by atoms with Gasteiger partial charge in [-0.3, -0.25) is 0 Å². The summed E-state index contributed by atoms with van der Waals surface area (Å²) in [5.41, 5.74) is 10.4. The molecule has 33 heavy (non-hydrogen) atoms. The molecule has 1 atom stereocenters. The SMILES string of the molecule is CCC(C)c1ccc(C=Cc2ccc(N3c4ccccc4CCc4ccccc43)cc2)cc1. The van der Waals surface area contributed by atoms with Crippen molar-refractivity contribution in [2.75, 3.05) is 4.90 Å². The molecule has 0 saturated heterocycles. The molecule has 5 rings (SSSR count). The first-order chi connectivity index (χ1) is 16.2. The zero-order valence-electron chi connectivity index (χ0n) is 19.5. The van der Waals surface area contributed by atoms with Crippen LogP contribution in [0.1, 0.15) is 54.0 Å². The molecule has 1 nitrogen and oxygen atoms in total. The predicted molar refractivity (Wildman–Crippen MR) is 143 cm³/mol. The summed E-state index contributed by atoms with van der Waals surface area (Å²) in [5, 5.41) is 0. The van der Waals surface area contributed by atoms with E-state index in [4.69, 9.17) is 0 Å². The molecule has 1 aliphatic rings. The first kappa shape index (κ1) is 21.3. The topological polar surface area (TPSA) is 3.24 Å². The monoisotopic (exact) mass is 429 g/mol. The first-order valence-corrected chi connectivity index (χ1v) is 12.1. The number of aryl methyl sites for hydroxylation is 2. The quantitative estimate of drug-likeness (QED) is 0.286. The van der Waals surface area contributed by atoms with Crippen LogP contribution in [0.4, 0.5) is 17.1 Å². The molecule has 4 aromatic carbocycles. The summed E-state index contributed by atoms with van der Waals surface area (Å²) in [4.78, 5) is 2.42. The van der Waals surface area contributed by atoms with Gasteiger partial charge in [-0.2, -0.15) is 0 Å². The van der Waals surface area contributed by atoms with Gasteiger partial charge in [-0.05, 0) is 77.3 Å². The van der Waals surface area contributed by atoms with Gasteiger partial charge in [-0.15, -0.1) is 0 Å². The van der Waals surface area contributed by atoms with Crippen LogP contribution in [0.3, 0.4) is 0 Å². The van der Waals surface area contributed by atoms with Gasteiger partial charge in [0, 0.05) is 17.1 Å². The smallest absolute Gasteiger partial charge is 0.0493 e. The van der Waals surface area contributed by atoms with Crippen LogP contribution in [-0.4, -0.2) is 0 Å². The van der Waals surface area contributed by atoms with E-state index in [1.165, 1.54) is 51.3 Å². The predicted octanol–water partition coefficient (Wildman–Crippen LogP) is 8.94. The van der Waals surface area contributed by atoms with Crippen LogP contribution in [0, 0.1) is 0 Å². The molecule has 1 unspecified atom stereocenters. The summed E-state index contributed by atoms with van der Waals surface area (Å²) >= 11 is 0. The van der Waals surface area contributed by atoms with Crippen LogP contribution in [0.15, 0.2) is 97.1 Å². The Kier molecular flexibility index (Phi) is 6.13. The highest BCUT2D eigenvalue weighted by atomic mass is 15.1. The molecule has 0 saturated carbocycles. The summed E-state index contributed by atoms with van der Waals surface area (Å²) in [5.74, 6) is 0.616. The van der Waals surface area contributed by atoms with Gasteiger partial charge in [-0.1, -0.05) is 98.8 Å². The van der Waals surface area contributed by atoms with Gasteiger partial charge in [0.15, 0.2) is 0 Å². The molecule has 0 fully saturated rings. The number of benzene rings is 4. The highest BCUT2D eigenvalue weighted by Gasteiger charge is 2.21. The standard InChI is InChI=1S/C32H31N/c1-3-24(2)27-18-14-25(15-19-27)12-13-26-16-22-30(23-17-26)33-31-10-6-4-8-28(31)20-21-29-9-5-7-11-32(29)33/h4-19,22-24H,3,20-21H2,1-2H3. The van der Waals surface area contributed by atoms with E-state index >= 15 is 0 Å². The molecule has 0 bridgehead atoms. The van der Waals surface area contributed by atoms with Gasteiger partial charge >= 0.3 is 0 Å². The number of para-hydroxylation sites is 2. The van der Waals surface area contributed by atoms with Gasteiger partial charge in [0.2, 0.25) is 0 Å². The van der Waals surface area contributed by atoms with Crippen LogP contribution in [-0.2, 0) is 12.8 Å². The molecule has 0 aromatic heterocycles. The Morgan fingerprint density at radius 1 is 0.667 bits per heavy atom. The molecule has 0 radical (unpaired) electrons. The average Bonchev–Trinajstić information content (AvgIpc) is 3.05. The summed E-state index contributed by atoms with van der Waals surface area (Å²) in [6.07, 6.45) is 7.71. The van der Waals surface area contributed by atoms with Crippen molar-refractivity contribution in [2.45, 2.75) is 39.0 Å². The Morgan fingerprint density at radius 3 is 1.67 bits per heavy atom. The van der Waals surface area contributed by atoms with Gasteiger partial charge < -0.3 is 4.90 Å². The van der Waals surface area contributed by atoms with Crippen molar-refractivity contribution in [3.63, 3.8) is 0 Å². The van der Waals surface area contributed by atoms with E-state index in [0.717, 1.165) is 12.8 Å². The second-order valence-corrected chi connectivity index (χ2v) is 8.99. The number of anilines is 3. The van der Waals surface area contributed by atoms with E-state index in [2.05, 4.69) is 128 Å². The number of fused-ring (bicyclic) bond motifs is 2. The summed E-state index contributed by atoms with van der Waals surface area (Å²) < 4.78 is 0. The Bertz CT molecular complexity index is 1200. The molecular weight excluding hydrogens is 398 g/mol. The number of rotatable bonds is 5. The minimum atomic E-state index is 0.616. The van der Waals surface area contributed by atoms with Gasteiger partial charge in [0.25, 0.3) is 0 Å². The third-order valence-electron chi connectivity index (χ3n) is 6.87. The van der Waals surface area contributed by atoms with Crippen molar-refractivity contribution < 1.29 is 0 Å². The molecule has 0 aliphatic carbocycles. The lowest BCUT2D eigenvalue weighted by Crippen LogP contribution is -2.11. The minimum absolute atomic E-state index is 0.616. The van der Waals surface area contributed by atoms with Gasteiger partial charge in [-0.25, -0.2) is 0 Å². The molecule has 4 aromatic rings. The second-order valence-electron chi connectivity index (χ2n) is 8.99. The summed E-state index contributed by atoms with van der Waals surface area (Å²) in [6.45, 7) is 4.53. The van der Waals surface area contributed by atoms with Gasteiger partial charge in [0.05, 0.1) is 0 Å². The number of nitrogens with zero attached hydrogens (tertiary/aromatic N) is 1. The first-order valence-electron chi connectivity index (χ1n) is 12.1. The van der Waals surface area contributed by atoms with Crippen LogP contribution in [0.25, 0.3) is 12.2 Å². The highest BCUT2D eigenvalue weighted by Crippen LogP contribution is 2.41. The lowest BCUT2D eigenvalue weighted by molar-refractivity contribution is 0.733. The fourth-order valence-corrected chi connectivity index (χ4v) is 4.66. The average molecular weight is 430 g/mol. The van der Waals surface area contributed by atoms with Crippen molar-refractivity contribution >= 4 is 29.2 Å². The van der Waals surface area contributed by atoms with Crippen LogP contribution < -0.4 is 4.90 Å². The Hall–Kier alpha value is -3.58. The second kappa shape index (κ2) is 9.50. The van der Waals surface area contributed by atoms with E-state index in [0.29, 0.717) is 5.92 Å². The molecule has 1 heterocycles. The van der Waals surface area contributed by atoms with Crippen molar-refractivity contribution in [1.82, 2.24) is 0 Å². The fourth-order valence-electron chi connectivity index (χ4n) is 4.66. The Balaban J connectivity index is 1.42. The maximum atomic E-state index is 2.42. The van der Waals surface area contributed by atoms with E-state index in [-0.39, 0.29) is 0 Å². The lowest BCUT2D eigenvalue weighted by Gasteiger charge is -2.27. The van der Waals surface area contributed by atoms with E-state index in [1.807, 2.05) is 0 Å². The molecule has 0 spiro atoms. The maximum Gasteiger partial charge on any atom is 0.0493 e. The largest absolute Gasteiger partial charge is 0.310 e. The van der Waals surface area contributed by atoms with Crippen LogP contribution >= 0.6 is 0 Å².